The van der Waals surface area contributed by atoms with Crippen LogP contribution in [0.5, 0.6) is 5.75 Å². The fraction of sp³-hybridized carbons (Fsp3) is 0.429. The number of aliphatic hydroxyl groups excluding tert-OH is 1. The van der Waals surface area contributed by atoms with Gasteiger partial charge in [-0.25, -0.2) is 0 Å². The summed E-state index contributed by atoms with van der Waals surface area (Å²) in [6, 6.07) is 3.15. The molecule has 1 fully saturated rings. The van der Waals surface area contributed by atoms with Crippen molar-refractivity contribution in [2.75, 3.05) is 20.3 Å². The Morgan fingerprint density at radius 1 is 1.50 bits per heavy atom. The molecular weight excluding hydrogens is 397 g/mol. The van der Waals surface area contributed by atoms with Crippen LogP contribution >= 0.6 is 15.9 Å². The third-order valence-electron chi connectivity index (χ3n) is 3.36. The van der Waals surface area contributed by atoms with Gasteiger partial charge in [-0.3, -0.25) is 4.79 Å². The molecule has 24 heavy (non-hydrogen) atoms. The summed E-state index contributed by atoms with van der Waals surface area (Å²) in [5.41, 5.74) is 0.573. The third-order valence-corrected chi connectivity index (χ3v) is 4.02. The first-order chi connectivity index (χ1) is 11.2. The molecule has 1 amide bonds. The smallest absolute Gasteiger partial charge is 0.405 e. The van der Waals surface area contributed by atoms with Crippen molar-refractivity contribution in [1.82, 2.24) is 4.90 Å². The normalized spacial score (nSPS) is 19.7. The molecule has 10 heteroatoms. The van der Waals surface area contributed by atoms with E-state index < -0.39 is 24.1 Å². The molecule has 1 aliphatic heterocycles. The van der Waals surface area contributed by atoms with Crippen molar-refractivity contribution < 1.29 is 32.6 Å². The van der Waals surface area contributed by atoms with E-state index in [0.29, 0.717) is 12.1 Å². The van der Waals surface area contributed by atoms with Crippen LogP contribution in [0.15, 0.2) is 27.8 Å². The van der Waals surface area contributed by atoms with Gasteiger partial charge in [0, 0.05) is 12.0 Å². The monoisotopic (exact) mass is 410 g/mol. The molecule has 1 aromatic rings. The molecule has 1 aromatic carbocycles. The highest BCUT2D eigenvalue weighted by Gasteiger charge is 2.35. The average molecular weight is 411 g/mol. The lowest BCUT2D eigenvalue weighted by molar-refractivity contribution is -0.274. The van der Waals surface area contributed by atoms with E-state index in [9.17, 15) is 23.1 Å². The summed E-state index contributed by atoms with van der Waals surface area (Å²) >= 11 is 2.95. The second-order valence-electron chi connectivity index (χ2n) is 5.01. The largest absolute Gasteiger partial charge is 0.573 e. The Morgan fingerprint density at radius 3 is 2.79 bits per heavy atom. The van der Waals surface area contributed by atoms with Crippen molar-refractivity contribution >= 4 is 27.5 Å². The SMILES string of the molecule is CON=C1CC(CO)N(C(=O)c2ccc(Br)c(OC(F)(F)F)c2)C1. The molecule has 1 heterocycles. The zero-order valence-electron chi connectivity index (χ0n) is 12.5. The first kappa shape index (κ1) is 18.5. The predicted octanol–water partition coefficient (Wildman–Crippen LogP) is 2.56. The quantitative estimate of drug-likeness (QED) is 0.774. The van der Waals surface area contributed by atoms with E-state index >= 15 is 0 Å². The topological polar surface area (TPSA) is 71.4 Å². The Morgan fingerprint density at radius 2 is 2.21 bits per heavy atom. The molecule has 1 atom stereocenters. The van der Waals surface area contributed by atoms with E-state index in [1.807, 2.05) is 0 Å². The summed E-state index contributed by atoms with van der Waals surface area (Å²) < 4.78 is 41.2. The Balaban J connectivity index is 2.26. The maximum atomic E-state index is 12.6. The molecule has 1 unspecified atom stereocenters. The van der Waals surface area contributed by atoms with Gasteiger partial charge < -0.3 is 19.6 Å². The minimum Gasteiger partial charge on any atom is -0.405 e. The van der Waals surface area contributed by atoms with Crippen molar-refractivity contribution in [3.63, 3.8) is 0 Å². The first-order valence-electron chi connectivity index (χ1n) is 6.81. The van der Waals surface area contributed by atoms with Gasteiger partial charge >= 0.3 is 6.36 Å². The molecule has 1 aliphatic rings. The number of oxime groups is 1. The van der Waals surface area contributed by atoms with Gasteiger partial charge in [0.15, 0.2) is 0 Å². The standard InChI is InChI=1S/C14H14BrF3N2O4/c1-23-19-9-5-10(7-21)20(6-9)13(22)8-2-3-11(15)12(4-8)24-14(16,17)18/h2-4,10,21H,5-7H2,1H3. The highest BCUT2D eigenvalue weighted by Crippen LogP contribution is 2.32. The number of likely N-dealkylation sites (tertiary alicyclic amines) is 1. The molecule has 132 valence electrons. The minimum absolute atomic E-state index is 0.00886. The van der Waals surface area contributed by atoms with Gasteiger partial charge in [-0.05, 0) is 34.1 Å². The molecule has 6 nitrogen and oxygen atoms in total. The number of ether oxygens (including phenoxy) is 1. The van der Waals surface area contributed by atoms with Gasteiger partial charge in [0.2, 0.25) is 0 Å². The van der Waals surface area contributed by atoms with Gasteiger partial charge in [0.05, 0.1) is 29.4 Å². The summed E-state index contributed by atoms with van der Waals surface area (Å²) in [6.07, 6.45) is -4.54. The molecular formula is C14H14BrF3N2O4. The highest BCUT2D eigenvalue weighted by atomic mass is 79.9. The van der Waals surface area contributed by atoms with Crippen LogP contribution in [-0.4, -0.2) is 54.3 Å². The van der Waals surface area contributed by atoms with Crippen LogP contribution in [0.4, 0.5) is 13.2 Å². The fourth-order valence-corrected chi connectivity index (χ4v) is 2.70. The van der Waals surface area contributed by atoms with Crippen LogP contribution in [-0.2, 0) is 4.84 Å². The molecule has 1 saturated heterocycles. The Labute approximate surface area is 144 Å². The molecule has 0 saturated carbocycles. The van der Waals surface area contributed by atoms with Crippen molar-refractivity contribution in [3.05, 3.63) is 28.2 Å². The van der Waals surface area contributed by atoms with Crippen LogP contribution in [0.3, 0.4) is 0 Å². The molecule has 0 aromatic heterocycles. The van der Waals surface area contributed by atoms with E-state index in [1.165, 1.54) is 24.1 Å². The Bertz CT molecular complexity index is 651. The van der Waals surface area contributed by atoms with E-state index in [2.05, 4.69) is 30.7 Å². The van der Waals surface area contributed by atoms with Crippen molar-refractivity contribution in [2.24, 2.45) is 5.16 Å². The number of aliphatic hydroxyl groups is 1. The molecule has 2 rings (SSSR count). The fourth-order valence-electron chi connectivity index (χ4n) is 2.37. The number of nitrogens with zero attached hydrogens (tertiary/aromatic N) is 2. The Kier molecular flexibility index (Phi) is 5.70. The van der Waals surface area contributed by atoms with Gasteiger partial charge in [-0.2, -0.15) is 0 Å². The number of hydrogen-bond acceptors (Lipinski definition) is 5. The molecule has 0 bridgehead atoms. The van der Waals surface area contributed by atoms with E-state index in [0.717, 1.165) is 6.07 Å². The number of amides is 1. The second-order valence-corrected chi connectivity index (χ2v) is 5.86. The third kappa shape index (κ3) is 4.38. The van der Waals surface area contributed by atoms with Crippen LogP contribution < -0.4 is 4.74 Å². The molecule has 1 N–H and O–H groups in total. The van der Waals surface area contributed by atoms with Gasteiger partial charge in [0.25, 0.3) is 5.91 Å². The summed E-state index contributed by atoms with van der Waals surface area (Å²) in [7, 11) is 1.36. The summed E-state index contributed by atoms with van der Waals surface area (Å²) in [6.45, 7) is -0.166. The van der Waals surface area contributed by atoms with Gasteiger partial charge in [-0.1, -0.05) is 5.16 Å². The van der Waals surface area contributed by atoms with Crippen LogP contribution in [0.1, 0.15) is 16.8 Å². The van der Waals surface area contributed by atoms with E-state index in [1.54, 1.807) is 0 Å². The first-order valence-corrected chi connectivity index (χ1v) is 7.60. The van der Waals surface area contributed by atoms with Gasteiger partial charge in [0.1, 0.15) is 12.9 Å². The maximum absolute atomic E-state index is 12.6. The van der Waals surface area contributed by atoms with E-state index in [4.69, 9.17) is 0 Å². The lowest BCUT2D eigenvalue weighted by Gasteiger charge is -2.22. The summed E-state index contributed by atoms with van der Waals surface area (Å²) in [4.78, 5) is 18.6. The predicted molar refractivity (Wildman–Crippen MR) is 81.8 cm³/mol. The van der Waals surface area contributed by atoms with Gasteiger partial charge in [-0.15, -0.1) is 13.2 Å². The summed E-state index contributed by atoms with van der Waals surface area (Å²) in [5, 5.41) is 13.2. The number of alkyl halides is 3. The molecule has 0 aliphatic carbocycles. The average Bonchev–Trinajstić information content (AvgIpc) is 2.91. The number of hydrogen-bond donors (Lipinski definition) is 1. The Hall–Kier alpha value is -1.81. The lowest BCUT2D eigenvalue weighted by atomic mass is 10.1. The number of halogens is 4. The van der Waals surface area contributed by atoms with E-state index in [-0.39, 0.29) is 23.2 Å². The van der Waals surface area contributed by atoms with Crippen molar-refractivity contribution in [1.29, 1.82) is 0 Å². The zero-order valence-corrected chi connectivity index (χ0v) is 14.1. The second kappa shape index (κ2) is 7.39. The number of benzene rings is 1. The van der Waals surface area contributed by atoms with Crippen molar-refractivity contribution in [3.8, 4) is 5.75 Å². The van der Waals surface area contributed by atoms with Crippen LogP contribution in [0.25, 0.3) is 0 Å². The minimum atomic E-state index is -4.87. The van der Waals surface area contributed by atoms with Crippen LogP contribution in [0.2, 0.25) is 0 Å². The van der Waals surface area contributed by atoms with Crippen molar-refractivity contribution in [2.45, 2.75) is 18.8 Å². The lowest BCUT2D eigenvalue weighted by Crippen LogP contribution is -2.37. The maximum Gasteiger partial charge on any atom is 0.573 e. The zero-order chi connectivity index (χ0) is 17.9. The number of carbonyl (C=O) groups is 1. The summed E-state index contributed by atoms with van der Waals surface area (Å²) in [5.74, 6) is -1.05. The number of carbonyl (C=O) groups excluding carboxylic acids is 1. The highest BCUT2D eigenvalue weighted by molar-refractivity contribution is 9.10. The molecule has 0 spiro atoms. The number of rotatable bonds is 4. The van der Waals surface area contributed by atoms with Crippen LogP contribution in [0, 0.1) is 0 Å². The molecule has 0 radical (unpaired) electrons.